The second-order valence-corrected chi connectivity index (χ2v) is 5.39. The Kier molecular flexibility index (Phi) is 3.79. The molecule has 0 unspecified atom stereocenters. The zero-order valence-corrected chi connectivity index (χ0v) is 12.3. The lowest BCUT2D eigenvalue weighted by Crippen LogP contribution is -2.47. The average Bonchev–Trinajstić information content (AvgIpc) is 2.55. The summed E-state index contributed by atoms with van der Waals surface area (Å²) in [6, 6.07) is 18.8. The molecule has 0 aromatic heterocycles. The summed E-state index contributed by atoms with van der Waals surface area (Å²) in [5.41, 5.74) is 4.35. The fraction of sp³-hybridized carbons (Fsp3) is 0.278. The van der Waals surface area contributed by atoms with Gasteiger partial charge in [0.2, 0.25) is 0 Å². The van der Waals surface area contributed by atoms with Gasteiger partial charge in [-0.2, -0.15) is 5.26 Å². The lowest BCUT2D eigenvalue weighted by atomic mass is 10.1. The van der Waals surface area contributed by atoms with Crippen molar-refractivity contribution in [2.24, 2.45) is 0 Å². The predicted octanol–water partition coefficient (Wildman–Crippen LogP) is 3.19. The molecule has 1 saturated heterocycles. The molecule has 3 nitrogen and oxygen atoms in total. The molecule has 3 rings (SSSR count). The van der Waals surface area contributed by atoms with Crippen molar-refractivity contribution in [3.05, 3.63) is 59.7 Å². The Morgan fingerprint density at radius 3 is 2.19 bits per heavy atom. The van der Waals surface area contributed by atoms with Crippen molar-refractivity contribution in [3.63, 3.8) is 0 Å². The number of rotatable bonds is 2. The van der Waals surface area contributed by atoms with Crippen LogP contribution in [0.4, 0.5) is 11.4 Å². The summed E-state index contributed by atoms with van der Waals surface area (Å²) in [5.74, 6) is 0. The van der Waals surface area contributed by atoms with Crippen LogP contribution in [-0.2, 0) is 0 Å². The molecule has 0 atom stereocenters. The van der Waals surface area contributed by atoms with Gasteiger partial charge in [-0.3, -0.25) is 0 Å². The monoisotopic (exact) mass is 277 g/mol. The van der Waals surface area contributed by atoms with E-state index in [1.807, 2.05) is 18.2 Å². The van der Waals surface area contributed by atoms with E-state index in [0.29, 0.717) is 0 Å². The van der Waals surface area contributed by atoms with Crippen LogP contribution in [0.1, 0.15) is 11.1 Å². The average molecular weight is 277 g/mol. The normalized spacial score (nSPS) is 14.9. The topological polar surface area (TPSA) is 30.3 Å². The van der Waals surface area contributed by atoms with Crippen molar-refractivity contribution in [2.75, 3.05) is 36.0 Å². The van der Waals surface area contributed by atoms with Gasteiger partial charge in [0.1, 0.15) is 6.07 Å². The minimum absolute atomic E-state index is 0.781. The molecule has 1 fully saturated rings. The molecule has 0 saturated carbocycles. The Bertz CT molecular complexity index is 650. The van der Waals surface area contributed by atoms with Gasteiger partial charge in [0.25, 0.3) is 0 Å². The van der Waals surface area contributed by atoms with Gasteiger partial charge in [-0.25, -0.2) is 0 Å². The zero-order valence-electron chi connectivity index (χ0n) is 12.3. The van der Waals surface area contributed by atoms with Crippen LogP contribution in [0.2, 0.25) is 0 Å². The van der Waals surface area contributed by atoms with Crippen molar-refractivity contribution in [1.82, 2.24) is 0 Å². The van der Waals surface area contributed by atoms with Crippen LogP contribution >= 0.6 is 0 Å². The number of anilines is 2. The highest BCUT2D eigenvalue weighted by Gasteiger charge is 2.20. The summed E-state index contributed by atoms with van der Waals surface area (Å²) < 4.78 is 0. The third-order valence-electron chi connectivity index (χ3n) is 4.08. The number of hydrogen-bond donors (Lipinski definition) is 0. The molecule has 0 N–H and O–H groups in total. The molecule has 2 aromatic carbocycles. The van der Waals surface area contributed by atoms with E-state index in [9.17, 15) is 5.26 Å². The van der Waals surface area contributed by atoms with E-state index >= 15 is 0 Å². The zero-order chi connectivity index (χ0) is 14.7. The van der Waals surface area contributed by atoms with Crippen LogP contribution in [-0.4, -0.2) is 26.2 Å². The van der Waals surface area contributed by atoms with E-state index in [-0.39, 0.29) is 0 Å². The van der Waals surface area contributed by atoms with Crippen LogP contribution in [0.5, 0.6) is 0 Å². The van der Waals surface area contributed by atoms with Gasteiger partial charge in [0.05, 0.1) is 11.3 Å². The van der Waals surface area contributed by atoms with E-state index < -0.39 is 0 Å². The van der Waals surface area contributed by atoms with Gasteiger partial charge in [-0.05, 0) is 30.7 Å². The minimum Gasteiger partial charge on any atom is -0.368 e. The van der Waals surface area contributed by atoms with Crippen LogP contribution in [0.25, 0.3) is 0 Å². The Balaban J connectivity index is 1.77. The molecule has 0 bridgehead atoms. The molecule has 1 aliphatic rings. The summed E-state index contributed by atoms with van der Waals surface area (Å²) in [6.45, 7) is 5.97. The fourth-order valence-electron chi connectivity index (χ4n) is 3.00. The first-order valence-corrected chi connectivity index (χ1v) is 7.34. The third-order valence-corrected chi connectivity index (χ3v) is 4.08. The van der Waals surface area contributed by atoms with Crippen molar-refractivity contribution in [1.29, 1.82) is 5.26 Å². The Labute approximate surface area is 126 Å². The van der Waals surface area contributed by atoms with Gasteiger partial charge in [-0.1, -0.05) is 30.3 Å². The molecule has 0 aliphatic carbocycles. The maximum Gasteiger partial charge on any atom is 0.101 e. The summed E-state index contributed by atoms with van der Waals surface area (Å²) >= 11 is 0. The lowest BCUT2D eigenvalue weighted by Gasteiger charge is -2.38. The second kappa shape index (κ2) is 5.88. The summed E-state index contributed by atoms with van der Waals surface area (Å²) in [4.78, 5) is 4.74. The van der Waals surface area contributed by atoms with Crippen LogP contribution in [0, 0.1) is 18.3 Å². The van der Waals surface area contributed by atoms with Crippen LogP contribution in [0.15, 0.2) is 48.5 Å². The first-order valence-electron chi connectivity index (χ1n) is 7.34. The van der Waals surface area contributed by atoms with Gasteiger partial charge in [0.15, 0.2) is 0 Å². The largest absolute Gasteiger partial charge is 0.368 e. The molecular formula is C18H19N3. The lowest BCUT2D eigenvalue weighted by molar-refractivity contribution is 0.652. The smallest absolute Gasteiger partial charge is 0.101 e. The van der Waals surface area contributed by atoms with Gasteiger partial charge < -0.3 is 9.80 Å². The summed E-state index contributed by atoms with van der Waals surface area (Å²) in [5, 5.41) is 9.32. The number of piperazine rings is 1. The Hall–Kier alpha value is -2.47. The maximum atomic E-state index is 9.32. The number of nitriles is 1. The van der Waals surface area contributed by atoms with E-state index in [1.54, 1.807) is 0 Å². The first kappa shape index (κ1) is 13.5. The van der Waals surface area contributed by atoms with Crippen molar-refractivity contribution in [3.8, 4) is 6.07 Å². The van der Waals surface area contributed by atoms with E-state index in [4.69, 9.17) is 0 Å². The minimum atomic E-state index is 0.781. The number of aryl methyl sites for hydroxylation is 1. The van der Waals surface area contributed by atoms with Gasteiger partial charge in [0, 0.05) is 31.9 Å². The molecule has 1 heterocycles. The van der Waals surface area contributed by atoms with Crippen LogP contribution in [0.3, 0.4) is 0 Å². The second-order valence-electron chi connectivity index (χ2n) is 5.39. The maximum absolute atomic E-state index is 9.32. The van der Waals surface area contributed by atoms with E-state index in [0.717, 1.165) is 37.4 Å². The molecular weight excluding hydrogens is 258 g/mol. The fourth-order valence-corrected chi connectivity index (χ4v) is 3.00. The molecule has 1 aliphatic heterocycles. The highest BCUT2D eigenvalue weighted by molar-refractivity contribution is 5.65. The van der Waals surface area contributed by atoms with Crippen molar-refractivity contribution >= 4 is 11.4 Å². The quantitative estimate of drug-likeness (QED) is 0.844. The van der Waals surface area contributed by atoms with Crippen LogP contribution < -0.4 is 9.80 Å². The molecule has 0 amide bonds. The predicted molar refractivity (Wildman–Crippen MR) is 86.8 cm³/mol. The standard InChI is InChI=1S/C18H19N3/c1-15-6-5-7-16(14-19)18(15)21-12-10-20(11-13-21)17-8-3-2-4-9-17/h2-9H,10-13H2,1H3. The highest BCUT2D eigenvalue weighted by atomic mass is 15.3. The molecule has 21 heavy (non-hydrogen) atoms. The number of nitrogens with zero attached hydrogens (tertiary/aromatic N) is 3. The Morgan fingerprint density at radius 1 is 0.857 bits per heavy atom. The number of para-hydroxylation sites is 2. The molecule has 0 radical (unpaired) electrons. The number of hydrogen-bond acceptors (Lipinski definition) is 3. The molecule has 106 valence electrons. The molecule has 2 aromatic rings. The van der Waals surface area contributed by atoms with E-state index in [2.05, 4.69) is 53.1 Å². The van der Waals surface area contributed by atoms with Gasteiger partial charge in [-0.15, -0.1) is 0 Å². The van der Waals surface area contributed by atoms with Gasteiger partial charge >= 0.3 is 0 Å². The molecule has 0 spiro atoms. The van der Waals surface area contributed by atoms with E-state index in [1.165, 1.54) is 11.3 Å². The highest BCUT2D eigenvalue weighted by Crippen LogP contribution is 2.26. The summed E-state index contributed by atoms with van der Waals surface area (Å²) in [6.07, 6.45) is 0. The molecule has 3 heteroatoms. The summed E-state index contributed by atoms with van der Waals surface area (Å²) in [7, 11) is 0. The Morgan fingerprint density at radius 2 is 1.52 bits per heavy atom. The first-order chi connectivity index (χ1) is 10.3. The SMILES string of the molecule is Cc1cccc(C#N)c1N1CCN(c2ccccc2)CC1. The third kappa shape index (κ3) is 2.71. The van der Waals surface area contributed by atoms with Crippen molar-refractivity contribution in [2.45, 2.75) is 6.92 Å². The number of benzene rings is 2. The van der Waals surface area contributed by atoms with Crippen molar-refractivity contribution < 1.29 is 0 Å².